The summed E-state index contributed by atoms with van der Waals surface area (Å²) in [5.41, 5.74) is 0.781. The van der Waals surface area contributed by atoms with E-state index in [1.807, 2.05) is 0 Å². The summed E-state index contributed by atoms with van der Waals surface area (Å²) in [5, 5.41) is 9.47. The van der Waals surface area contributed by atoms with Gasteiger partial charge in [0.15, 0.2) is 15.8 Å². The van der Waals surface area contributed by atoms with Crippen LogP contribution in [0.25, 0.3) is 6.08 Å². The molecule has 0 saturated carbocycles. The summed E-state index contributed by atoms with van der Waals surface area (Å²) in [6.07, 6.45) is -3.03. The molecule has 1 fully saturated rings. The predicted octanol–water partition coefficient (Wildman–Crippen LogP) is 7.22. The van der Waals surface area contributed by atoms with Crippen molar-refractivity contribution in [2.24, 2.45) is 0 Å². The largest absolute Gasteiger partial charge is 0.493 e. The molecule has 5 nitrogen and oxygen atoms in total. The molecule has 0 N–H and O–H groups in total. The molecule has 4 rings (SSSR count). The van der Waals surface area contributed by atoms with Crippen molar-refractivity contribution in [3.63, 3.8) is 0 Å². The van der Waals surface area contributed by atoms with Gasteiger partial charge in [-0.15, -0.1) is 0 Å². The van der Waals surface area contributed by atoms with E-state index in [0.717, 1.165) is 28.8 Å². The van der Waals surface area contributed by atoms with Crippen LogP contribution in [-0.4, -0.2) is 17.3 Å². The maximum Gasteiger partial charge on any atom is 0.416 e. The molecular formula is C26H16ClF3N2O3S2. The third-order valence-electron chi connectivity index (χ3n) is 5.28. The minimum Gasteiger partial charge on any atom is -0.493 e. The van der Waals surface area contributed by atoms with Gasteiger partial charge >= 0.3 is 6.18 Å². The number of benzene rings is 3. The maximum atomic E-state index is 13.1. The van der Waals surface area contributed by atoms with E-state index < -0.39 is 17.6 Å². The fourth-order valence-corrected chi connectivity index (χ4v) is 5.10. The normalized spacial score (nSPS) is 14.7. The molecule has 0 radical (unpaired) electrons. The number of thioether (sulfide) groups is 1. The van der Waals surface area contributed by atoms with Crippen molar-refractivity contribution >= 4 is 57.6 Å². The Morgan fingerprint density at radius 2 is 1.92 bits per heavy atom. The van der Waals surface area contributed by atoms with Crippen molar-refractivity contribution in [3.05, 3.63) is 92.8 Å². The number of halogens is 4. The third kappa shape index (κ3) is 5.74. The standard InChI is InChI=1S/C26H16ClF3N2O3S2/c1-34-21-10-15(9-20(27)23(21)35-14-17-6-3-2-5-16(17)13-31)11-22-24(33)32(25(36)37-22)19-8-4-7-18(12-19)26(28,29)30/h2-12H,14H2,1H3/b22-11+. The summed E-state index contributed by atoms with van der Waals surface area (Å²) in [4.78, 5) is 14.3. The van der Waals surface area contributed by atoms with Crippen LogP contribution in [-0.2, 0) is 17.6 Å². The van der Waals surface area contributed by atoms with Gasteiger partial charge in [0.1, 0.15) is 6.61 Å². The van der Waals surface area contributed by atoms with Crippen LogP contribution in [0.2, 0.25) is 5.02 Å². The van der Waals surface area contributed by atoms with Crippen LogP contribution < -0.4 is 14.4 Å². The molecule has 0 bridgehead atoms. The molecule has 1 saturated heterocycles. The molecular weight excluding hydrogens is 545 g/mol. The highest BCUT2D eigenvalue weighted by atomic mass is 35.5. The van der Waals surface area contributed by atoms with Gasteiger partial charge in [-0.2, -0.15) is 18.4 Å². The quantitative estimate of drug-likeness (QED) is 0.234. The average Bonchev–Trinajstić information content (AvgIpc) is 3.15. The Hall–Kier alpha value is -3.52. The smallest absolute Gasteiger partial charge is 0.416 e. The van der Waals surface area contributed by atoms with Crippen molar-refractivity contribution < 1.29 is 27.4 Å². The molecule has 188 valence electrons. The average molecular weight is 561 g/mol. The number of rotatable bonds is 6. The van der Waals surface area contributed by atoms with Gasteiger partial charge in [0.2, 0.25) is 0 Å². The summed E-state index contributed by atoms with van der Waals surface area (Å²) in [7, 11) is 1.43. The highest BCUT2D eigenvalue weighted by Gasteiger charge is 2.36. The molecule has 1 aliphatic heterocycles. The number of carbonyl (C=O) groups is 1. The summed E-state index contributed by atoms with van der Waals surface area (Å²) < 4.78 is 50.8. The number of alkyl halides is 3. The van der Waals surface area contributed by atoms with Crippen LogP contribution in [0.4, 0.5) is 18.9 Å². The lowest BCUT2D eigenvalue weighted by atomic mass is 10.1. The molecule has 0 unspecified atom stereocenters. The highest BCUT2D eigenvalue weighted by molar-refractivity contribution is 8.27. The summed E-state index contributed by atoms with van der Waals surface area (Å²) in [6.45, 7) is 0.0782. The fraction of sp³-hybridized carbons (Fsp3) is 0.115. The van der Waals surface area contributed by atoms with E-state index in [2.05, 4.69) is 6.07 Å². The summed E-state index contributed by atoms with van der Waals surface area (Å²) >= 11 is 12.7. The first-order valence-electron chi connectivity index (χ1n) is 10.6. The Balaban J connectivity index is 1.60. The minimum atomic E-state index is -4.56. The second-order valence-electron chi connectivity index (χ2n) is 7.66. The van der Waals surface area contributed by atoms with Crippen molar-refractivity contribution in [1.29, 1.82) is 5.26 Å². The van der Waals surface area contributed by atoms with E-state index >= 15 is 0 Å². The molecule has 0 spiro atoms. The van der Waals surface area contributed by atoms with E-state index in [1.54, 1.807) is 36.4 Å². The molecule has 37 heavy (non-hydrogen) atoms. The van der Waals surface area contributed by atoms with E-state index in [4.69, 9.17) is 33.3 Å². The Morgan fingerprint density at radius 3 is 2.62 bits per heavy atom. The lowest BCUT2D eigenvalue weighted by molar-refractivity contribution is -0.137. The molecule has 1 amide bonds. The zero-order valence-electron chi connectivity index (χ0n) is 19.0. The van der Waals surface area contributed by atoms with Crippen molar-refractivity contribution in [2.75, 3.05) is 12.0 Å². The summed E-state index contributed by atoms with van der Waals surface area (Å²) in [6, 6.07) is 16.7. The molecule has 3 aromatic carbocycles. The first-order chi connectivity index (χ1) is 17.6. The van der Waals surface area contributed by atoms with Crippen molar-refractivity contribution in [1.82, 2.24) is 0 Å². The highest BCUT2D eigenvalue weighted by Crippen LogP contribution is 2.41. The van der Waals surface area contributed by atoms with Crippen LogP contribution in [0.3, 0.4) is 0 Å². The van der Waals surface area contributed by atoms with Gasteiger partial charge in [-0.3, -0.25) is 9.69 Å². The topological polar surface area (TPSA) is 62.6 Å². The molecule has 3 aromatic rings. The minimum absolute atomic E-state index is 0.0257. The third-order valence-corrected chi connectivity index (χ3v) is 6.87. The number of methoxy groups -OCH3 is 1. The zero-order valence-corrected chi connectivity index (χ0v) is 21.4. The fourth-order valence-electron chi connectivity index (χ4n) is 3.53. The van der Waals surface area contributed by atoms with Crippen LogP contribution in [0.5, 0.6) is 11.5 Å². The van der Waals surface area contributed by atoms with E-state index in [0.29, 0.717) is 22.4 Å². The monoisotopic (exact) mass is 560 g/mol. The summed E-state index contributed by atoms with van der Waals surface area (Å²) in [5.74, 6) is -0.00929. The number of ether oxygens (including phenoxy) is 2. The lowest BCUT2D eigenvalue weighted by Gasteiger charge is -2.16. The van der Waals surface area contributed by atoms with Gasteiger partial charge in [-0.25, -0.2) is 0 Å². The molecule has 0 aromatic heterocycles. The van der Waals surface area contributed by atoms with E-state index in [9.17, 15) is 23.2 Å². The van der Waals surface area contributed by atoms with E-state index in [1.165, 1.54) is 25.3 Å². The van der Waals surface area contributed by atoms with Gasteiger partial charge in [0.25, 0.3) is 5.91 Å². The van der Waals surface area contributed by atoms with Gasteiger partial charge in [0, 0.05) is 5.56 Å². The van der Waals surface area contributed by atoms with Gasteiger partial charge in [0.05, 0.1) is 39.9 Å². The Labute approximate surface area is 225 Å². The van der Waals surface area contributed by atoms with Crippen LogP contribution in [0.15, 0.2) is 65.6 Å². The maximum absolute atomic E-state index is 13.1. The molecule has 0 atom stereocenters. The number of amides is 1. The second kappa shape index (κ2) is 10.8. The van der Waals surface area contributed by atoms with Gasteiger partial charge in [-0.1, -0.05) is 59.8 Å². The second-order valence-corrected chi connectivity index (χ2v) is 9.74. The van der Waals surface area contributed by atoms with E-state index in [-0.39, 0.29) is 32.3 Å². The first-order valence-corrected chi connectivity index (χ1v) is 12.2. The van der Waals surface area contributed by atoms with Crippen molar-refractivity contribution in [3.8, 4) is 17.6 Å². The molecule has 1 aliphatic rings. The number of anilines is 1. The number of hydrogen-bond acceptors (Lipinski definition) is 6. The number of hydrogen-bond donors (Lipinski definition) is 0. The number of thiocarbonyl (C=S) groups is 1. The van der Waals surface area contributed by atoms with Crippen LogP contribution >= 0.6 is 35.6 Å². The van der Waals surface area contributed by atoms with Gasteiger partial charge < -0.3 is 9.47 Å². The number of carbonyl (C=O) groups excluding carboxylic acids is 1. The Bertz CT molecular complexity index is 1470. The number of nitriles is 1. The van der Waals surface area contributed by atoms with Gasteiger partial charge in [-0.05, 0) is 48.0 Å². The predicted molar refractivity (Wildman–Crippen MR) is 141 cm³/mol. The zero-order chi connectivity index (χ0) is 26.7. The van der Waals surface area contributed by atoms with Crippen molar-refractivity contribution in [2.45, 2.75) is 12.8 Å². The SMILES string of the molecule is COc1cc(/C=C2/SC(=S)N(c3cccc(C(F)(F)F)c3)C2=O)cc(Cl)c1OCc1ccccc1C#N. The Morgan fingerprint density at radius 1 is 1.16 bits per heavy atom. The number of nitrogens with zero attached hydrogens (tertiary/aromatic N) is 2. The van der Waals surface area contributed by atoms with Crippen LogP contribution in [0, 0.1) is 11.3 Å². The molecule has 0 aliphatic carbocycles. The lowest BCUT2D eigenvalue weighted by Crippen LogP contribution is -2.27. The Kier molecular flexibility index (Phi) is 7.78. The van der Waals surface area contributed by atoms with Crippen LogP contribution in [0.1, 0.15) is 22.3 Å². The molecule has 11 heteroatoms. The molecule has 1 heterocycles. The first kappa shape index (κ1) is 26.5.